The normalized spacial score (nSPS) is 16.2. The van der Waals surface area contributed by atoms with Gasteiger partial charge in [-0.25, -0.2) is 13.4 Å². The number of rotatable bonds is 5. The van der Waals surface area contributed by atoms with Crippen molar-refractivity contribution >= 4 is 44.6 Å². The maximum atomic E-state index is 12.6. The highest BCUT2D eigenvalue weighted by molar-refractivity contribution is 14.1. The van der Waals surface area contributed by atoms with Gasteiger partial charge in [0.05, 0.1) is 6.21 Å². The Hall–Kier alpha value is -1.52. The molecular weight excluding hydrogens is 451 g/mol. The number of hydrogen-bond donors (Lipinski definition) is 1. The largest absolute Gasteiger partial charge is 0.261 e. The molecule has 8 heteroatoms. The number of halogens is 1. The number of hydrazone groups is 1. The summed E-state index contributed by atoms with van der Waals surface area (Å²) >= 11 is 2.24. The molecule has 2 aromatic rings. The first-order valence-electron chi connectivity index (χ1n) is 8.07. The van der Waals surface area contributed by atoms with E-state index in [1.165, 1.54) is 10.5 Å². The van der Waals surface area contributed by atoms with Crippen molar-refractivity contribution in [2.24, 2.45) is 5.10 Å². The number of nitrogens with zero attached hydrogens (tertiary/aromatic N) is 3. The van der Waals surface area contributed by atoms with Crippen molar-refractivity contribution < 1.29 is 8.42 Å². The molecule has 0 atom stereocenters. The molecule has 0 spiro atoms. The SMILES string of the molecule is O=S(=O)(c1ccc(N/N=C/c2ccccc2I)nc1)N1CCCCC1. The van der Waals surface area contributed by atoms with Gasteiger partial charge in [0, 0.05) is 28.4 Å². The van der Waals surface area contributed by atoms with Gasteiger partial charge < -0.3 is 0 Å². The molecule has 1 fully saturated rings. The zero-order chi connectivity index (χ0) is 17.7. The molecule has 1 aliphatic heterocycles. The zero-order valence-corrected chi connectivity index (χ0v) is 16.6. The highest BCUT2D eigenvalue weighted by Crippen LogP contribution is 2.20. The first-order valence-corrected chi connectivity index (χ1v) is 10.6. The zero-order valence-electron chi connectivity index (χ0n) is 13.6. The van der Waals surface area contributed by atoms with E-state index in [0.29, 0.717) is 18.9 Å². The Morgan fingerprint density at radius 1 is 1.12 bits per heavy atom. The van der Waals surface area contributed by atoms with Crippen LogP contribution in [0.2, 0.25) is 0 Å². The molecule has 0 unspecified atom stereocenters. The third-order valence-corrected chi connectivity index (χ3v) is 6.84. The number of benzene rings is 1. The predicted molar refractivity (Wildman–Crippen MR) is 107 cm³/mol. The summed E-state index contributed by atoms with van der Waals surface area (Å²) in [5, 5.41) is 4.15. The lowest BCUT2D eigenvalue weighted by molar-refractivity contribution is 0.346. The summed E-state index contributed by atoms with van der Waals surface area (Å²) in [5.41, 5.74) is 3.83. The van der Waals surface area contributed by atoms with Gasteiger partial charge in [-0.05, 0) is 53.6 Å². The monoisotopic (exact) mass is 470 g/mol. The standard InChI is InChI=1S/C17H19IN4O2S/c18-16-7-3-2-6-14(16)12-20-21-17-9-8-15(13-19-17)25(23,24)22-10-4-1-5-11-22/h2-3,6-9,12-13H,1,4-5,10-11H2,(H,19,21)/b20-12+. The summed E-state index contributed by atoms with van der Waals surface area (Å²) in [6.45, 7) is 1.17. The van der Waals surface area contributed by atoms with Gasteiger partial charge in [-0.2, -0.15) is 9.41 Å². The van der Waals surface area contributed by atoms with E-state index in [1.807, 2.05) is 24.3 Å². The van der Waals surface area contributed by atoms with Crippen LogP contribution in [-0.2, 0) is 10.0 Å². The van der Waals surface area contributed by atoms with Crippen LogP contribution < -0.4 is 5.43 Å². The lowest BCUT2D eigenvalue weighted by Crippen LogP contribution is -2.35. The van der Waals surface area contributed by atoms with Crippen LogP contribution in [0.25, 0.3) is 0 Å². The Balaban J connectivity index is 1.67. The number of aromatic nitrogens is 1. The van der Waals surface area contributed by atoms with E-state index in [1.54, 1.807) is 18.3 Å². The van der Waals surface area contributed by atoms with Gasteiger partial charge in [0.15, 0.2) is 0 Å². The number of anilines is 1. The highest BCUT2D eigenvalue weighted by atomic mass is 127. The fourth-order valence-corrected chi connectivity index (χ4v) is 4.59. The molecule has 0 bridgehead atoms. The highest BCUT2D eigenvalue weighted by Gasteiger charge is 2.25. The fraction of sp³-hybridized carbons (Fsp3) is 0.294. The summed E-state index contributed by atoms with van der Waals surface area (Å²) in [5.74, 6) is 0.500. The smallest absolute Gasteiger partial charge is 0.244 e. The van der Waals surface area contributed by atoms with Crippen molar-refractivity contribution in [2.45, 2.75) is 24.2 Å². The van der Waals surface area contributed by atoms with Crippen LogP contribution in [0.5, 0.6) is 0 Å². The second kappa shape index (κ2) is 8.24. The van der Waals surface area contributed by atoms with Crippen LogP contribution in [0.3, 0.4) is 0 Å². The van der Waals surface area contributed by atoms with E-state index < -0.39 is 10.0 Å². The van der Waals surface area contributed by atoms with Crippen LogP contribution in [0.1, 0.15) is 24.8 Å². The van der Waals surface area contributed by atoms with Crippen LogP contribution in [-0.4, -0.2) is 37.0 Å². The van der Waals surface area contributed by atoms with Gasteiger partial charge in [-0.15, -0.1) is 0 Å². The van der Waals surface area contributed by atoms with Gasteiger partial charge in [-0.1, -0.05) is 24.6 Å². The maximum Gasteiger partial charge on any atom is 0.244 e. The molecule has 2 heterocycles. The number of sulfonamides is 1. The predicted octanol–water partition coefficient (Wildman–Crippen LogP) is 3.31. The van der Waals surface area contributed by atoms with Crippen molar-refractivity contribution in [3.63, 3.8) is 0 Å². The summed E-state index contributed by atoms with van der Waals surface area (Å²) in [4.78, 5) is 4.38. The summed E-state index contributed by atoms with van der Waals surface area (Å²) in [6, 6.07) is 11.1. The minimum atomic E-state index is -3.44. The van der Waals surface area contributed by atoms with Crippen molar-refractivity contribution in [1.82, 2.24) is 9.29 Å². The van der Waals surface area contributed by atoms with E-state index in [0.717, 1.165) is 28.4 Å². The van der Waals surface area contributed by atoms with E-state index in [-0.39, 0.29) is 4.90 Å². The molecule has 1 aromatic heterocycles. The second-order valence-corrected chi connectivity index (χ2v) is 8.84. The summed E-state index contributed by atoms with van der Waals surface area (Å²) < 4.78 is 27.8. The minimum absolute atomic E-state index is 0.224. The Labute approximate surface area is 161 Å². The van der Waals surface area contributed by atoms with Crippen LogP contribution >= 0.6 is 22.6 Å². The van der Waals surface area contributed by atoms with Crippen LogP contribution in [0, 0.1) is 3.57 Å². The molecule has 1 aliphatic rings. The van der Waals surface area contributed by atoms with Crippen molar-refractivity contribution in [2.75, 3.05) is 18.5 Å². The van der Waals surface area contributed by atoms with Crippen LogP contribution in [0.15, 0.2) is 52.6 Å². The third kappa shape index (κ3) is 4.56. The molecule has 0 amide bonds. The average molecular weight is 470 g/mol. The molecule has 0 aliphatic carbocycles. The second-order valence-electron chi connectivity index (χ2n) is 5.74. The molecule has 3 rings (SSSR count). The Morgan fingerprint density at radius 3 is 2.56 bits per heavy atom. The molecule has 25 heavy (non-hydrogen) atoms. The lowest BCUT2D eigenvalue weighted by atomic mass is 10.2. The first-order chi connectivity index (χ1) is 12.1. The summed E-state index contributed by atoms with van der Waals surface area (Å²) in [7, 11) is -3.44. The van der Waals surface area contributed by atoms with E-state index in [4.69, 9.17) is 0 Å². The summed E-state index contributed by atoms with van der Waals surface area (Å²) in [6.07, 6.45) is 6.01. The quantitative estimate of drug-likeness (QED) is 0.414. The van der Waals surface area contributed by atoms with Gasteiger partial charge in [0.2, 0.25) is 10.0 Å². The van der Waals surface area contributed by atoms with Gasteiger partial charge >= 0.3 is 0 Å². The molecule has 1 aromatic carbocycles. The van der Waals surface area contributed by atoms with E-state index in [9.17, 15) is 8.42 Å². The molecule has 1 saturated heterocycles. The van der Waals surface area contributed by atoms with E-state index in [2.05, 4.69) is 38.1 Å². The minimum Gasteiger partial charge on any atom is -0.261 e. The number of piperidine rings is 1. The van der Waals surface area contributed by atoms with Gasteiger partial charge in [-0.3, -0.25) is 5.43 Å². The maximum absolute atomic E-state index is 12.6. The van der Waals surface area contributed by atoms with Gasteiger partial charge in [0.25, 0.3) is 0 Å². The first kappa shape index (κ1) is 18.3. The molecule has 0 radical (unpaired) electrons. The van der Waals surface area contributed by atoms with Crippen molar-refractivity contribution in [3.8, 4) is 0 Å². The van der Waals surface area contributed by atoms with Crippen molar-refractivity contribution in [1.29, 1.82) is 0 Å². The topological polar surface area (TPSA) is 74.7 Å². The van der Waals surface area contributed by atoms with E-state index >= 15 is 0 Å². The average Bonchev–Trinajstić information content (AvgIpc) is 2.64. The number of nitrogens with one attached hydrogen (secondary N) is 1. The molecule has 6 nitrogen and oxygen atoms in total. The Kier molecular flexibility index (Phi) is 6.02. The molecule has 132 valence electrons. The Morgan fingerprint density at radius 2 is 1.88 bits per heavy atom. The Bertz CT molecular complexity index is 847. The molecule has 1 N–H and O–H groups in total. The van der Waals surface area contributed by atoms with Crippen molar-refractivity contribution in [3.05, 3.63) is 51.7 Å². The lowest BCUT2D eigenvalue weighted by Gasteiger charge is -2.25. The number of hydrogen-bond acceptors (Lipinski definition) is 5. The number of pyridine rings is 1. The molecule has 0 saturated carbocycles. The van der Waals surface area contributed by atoms with Gasteiger partial charge in [0.1, 0.15) is 10.7 Å². The fourth-order valence-electron chi connectivity index (χ4n) is 2.60. The third-order valence-electron chi connectivity index (χ3n) is 3.98. The van der Waals surface area contributed by atoms with Crippen LogP contribution in [0.4, 0.5) is 5.82 Å². The molecular formula is C17H19IN4O2S.